The molecule has 0 spiro atoms. The van der Waals surface area contributed by atoms with Crippen molar-refractivity contribution < 1.29 is 13.0 Å². The third-order valence-electron chi connectivity index (χ3n) is 2.34. The number of aromatic amines is 1. The average molecular weight is 254 g/mol. The quantitative estimate of drug-likeness (QED) is 0.772. The Kier molecular flexibility index (Phi) is 2.64. The van der Waals surface area contributed by atoms with Gasteiger partial charge in [0.15, 0.2) is 0 Å². The van der Waals surface area contributed by atoms with E-state index in [4.69, 9.17) is 4.55 Å². The van der Waals surface area contributed by atoms with E-state index in [-0.39, 0.29) is 10.5 Å². The molecule has 0 saturated heterocycles. The Bertz CT molecular complexity index is 695. The van der Waals surface area contributed by atoms with Crippen molar-refractivity contribution >= 4 is 10.1 Å². The number of benzene rings is 1. The van der Waals surface area contributed by atoms with Gasteiger partial charge in [-0.1, -0.05) is 0 Å². The number of H-pyrrole nitrogens is 1. The molecule has 2 rings (SSSR count). The van der Waals surface area contributed by atoms with Crippen molar-refractivity contribution in [1.82, 2.24) is 9.78 Å². The van der Waals surface area contributed by atoms with E-state index in [0.717, 1.165) is 0 Å². The zero-order valence-electron chi connectivity index (χ0n) is 8.91. The molecule has 0 amide bonds. The Morgan fingerprint density at radius 3 is 2.24 bits per heavy atom. The van der Waals surface area contributed by atoms with E-state index in [0.29, 0.717) is 11.3 Å². The first-order chi connectivity index (χ1) is 7.89. The summed E-state index contributed by atoms with van der Waals surface area (Å²) in [5.74, 6) is 0. The van der Waals surface area contributed by atoms with E-state index in [9.17, 15) is 13.2 Å². The highest BCUT2D eigenvalue weighted by molar-refractivity contribution is 7.85. The first-order valence-corrected chi connectivity index (χ1v) is 6.18. The number of rotatable bonds is 2. The topological polar surface area (TPSA) is 92.2 Å². The van der Waals surface area contributed by atoms with Crippen LogP contribution >= 0.6 is 0 Å². The van der Waals surface area contributed by atoms with Gasteiger partial charge in [0.1, 0.15) is 0 Å². The maximum atomic E-state index is 11.6. The fourth-order valence-electron chi connectivity index (χ4n) is 1.42. The van der Waals surface area contributed by atoms with Gasteiger partial charge in [0.05, 0.1) is 10.6 Å². The van der Waals surface area contributed by atoms with Gasteiger partial charge in [0, 0.05) is 11.8 Å². The summed E-state index contributed by atoms with van der Waals surface area (Å²) in [5.41, 5.74) is 0.851. The fourth-order valence-corrected chi connectivity index (χ4v) is 1.90. The van der Waals surface area contributed by atoms with Crippen LogP contribution in [0.5, 0.6) is 0 Å². The molecule has 17 heavy (non-hydrogen) atoms. The van der Waals surface area contributed by atoms with Crippen LogP contribution in [0.3, 0.4) is 0 Å². The summed E-state index contributed by atoms with van der Waals surface area (Å²) in [4.78, 5) is 11.4. The Labute approximate surface area is 97.3 Å². The van der Waals surface area contributed by atoms with Crippen molar-refractivity contribution in [2.75, 3.05) is 0 Å². The minimum Gasteiger partial charge on any atom is -0.298 e. The van der Waals surface area contributed by atoms with Gasteiger partial charge in [-0.25, -0.2) is 4.68 Å². The first kappa shape index (κ1) is 11.6. The summed E-state index contributed by atoms with van der Waals surface area (Å²) in [6.07, 6.45) is 1.55. The van der Waals surface area contributed by atoms with Crippen molar-refractivity contribution in [3.63, 3.8) is 0 Å². The van der Waals surface area contributed by atoms with Gasteiger partial charge in [0.2, 0.25) is 0 Å². The Hall–Kier alpha value is -1.86. The van der Waals surface area contributed by atoms with Gasteiger partial charge in [-0.15, -0.1) is 0 Å². The highest BCUT2D eigenvalue weighted by Gasteiger charge is 2.10. The number of hydrogen-bond donors (Lipinski definition) is 2. The zero-order valence-corrected chi connectivity index (χ0v) is 9.73. The molecule has 0 aliphatic carbocycles. The second-order valence-electron chi connectivity index (χ2n) is 3.57. The van der Waals surface area contributed by atoms with Crippen molar-refractivity contribution in [1.29, 1.82) is 0 Å². The second kappa shape index (κ2) is 3.86. The molecule has 0 saturated carbocycles. The van der Waals surface area contributed by atoms with Crippen molar-refractivity contribution in [3.8, 4) is 5.69 Å². The molecule has 0 aliphatic rings. The third-order valence-corrected chi connectivity index (χ3v) is 3.21. The normalized spacial score (nSPS) is 11.6. The largest absolute Gasteiger partial charge is 0.298 e. The molecule has 0 unspecified atom stereocenters. The van der Waals surface area contributed by atoms with Gasteiger partial charge in [-0.05, 0) is 31.2 Å². The van der Waals surface area contributed by atoms with Gasteiger partial charge < -0.3 is 0 Å². The molecule has 90 valence electrons. The zero-order chi connectivity index (χ0) is 12.6. The van der Waals surface area contributed by atoms with E-state index in [1.165, 1.54) is 28.9 Å². The lowest BCUT2D eigenvalue weighted by Crippen LogP contribution is -2.15. The van der Waals surface area contributed by atoms with Crippen LogP contribution in [0.15, 0.2) is 40.2 Å². The van der Waals surface area contributed by atoms with E-state index < -0.39 is 10.1 Å². The maximum Gasteiger partial charge on any atom is 0.294 e. The smallest absolute Gasteiger partial charge is 0.294 e. The first-order valence-electron chi connectivity index (χ1n) is 4.74. The molecule has 7 heteroatoms. The van der Waals surface area contributed by atoms with Crippen LogP contribution in [-0.2, 0) is 10.1 Å². The molecule has 0 aliphatic heterocycles. The van der Waals surface area contributed by atoms with Crippen LogP contribution in [0.25, 0.3) is 5.69 Å². The Morgan fingerprint density at radius 2 is 1.82 bits per heavy atom. The lowest BCUT2D eigenvalue weighted by Gasteiger charge is -2.02. The van der Waals surface area contributed by atoms with E-state index in [1.54, 1.807) is 13.1 Å². The molecule has 1 aromatic carbocycles. The molecule has 0 atom stereocenters. The van der Waals surface area contributed by atoms with Crippen LogP contribution in [0, 0.1) is 6.92 Å². The molecule has 6 nitrogen and oxygen atoms in total. The predicted octanol–water partition coefficient (Wildman–Crippen LogP) is 0.721. The second-order valence-corrected chi connectivity index (χ2v) is 4.99. The van der Waals surface area contributed by atoms with Crippen LogP contribution < -0.4 is 5.56 Å². The highest BCUT2D eigenvalue weighted by atomic mass is 32.2. The molecule has 0 fully saturated rings. The summed E-state index contributed by atoms with van der Waals surface area (Å²) in [6.45, 7) is 1.67. The summed E-state index contributed by atoms with van der Waals surface area (Å²) < 4.78 is 31.7. The Balaban J connectivity index is 2.50. The number of hydrogen-bond acceptors (Lipinski definition) is 3. The Morgan fingerprint density at radius 1 is 1.24 bits per heavy atom. The summed E-state index contributed by atoms with van der Waals surface area (Å²) in [6, 6.07) is 5.32. The number of aromatic nitrogens is 2. The van der Waals surface area contributed by atoms with Crippen molar-refractivity contribution in [2.24, 2.45) is 0 Å². The van der Waals surface area contributed by atoms with Crippen LogP contribution in [0.1, 0.15) is 5.56 Å². The molecular formula is C10H10N2O4S. The van der Waals surface area contributed by atoms with E-state index in [1.807, 2.05) is 0 Å². The fraction of sp³-hybridized carbons (Fsp3) is 0.100. The molecular weight excluding hydrogens is 244 g/mol. The maximum absolute atomic E-state index is 11.6. The number of nitrogens with one attached hydrogen (secondary N) is 1. The molecule has 1 aromatic heterocycles. The standard InChI is InChI=1S/C10H10N2O4S/c1-7-6-11-12(10(7)13)8-2-4-9(5-3-8)17(14,15)16/h2-6,11H,1H3,(H,14,15,16). The summed E-state index contributed by atoms with van der Waals surface area (Å²) in [7, 11) is -4.20. The monoisotopic (exact) mass is 254 g/mol. The number of nitrogens with zero attached hydrogens (tertiary/aromatic N) is 1. The molecule has 2 N–H and O–H groups in total. The van der Waals surface area contributed by atoms with Gasteiger partial charge in [-0.3, -0.25) is 14.4 Å². The van der Waals surface area contributed by atoms with Gasteiger partial charge in [0.25, 0.3) is 15.7 Å². The van der Waals surface area contributed by atoms with E-state index in [2.05, 4.69) is 5.10 Å². The van der Waals surface area contributed by atoms with Crippen LogP contribution in [0.2, 0.25) is 0 Å². The minimum atomic E-state index is -4.20. The number of aryl methyl sites for hydroxylation is 1. The SMILES string of the molecule is Cc1c[nH]n(-c2ccc(S(=O)(=O)O)cc2)c1=O. The lowest BCUT2D eigenvalue weighted by atomic mass is 10.3. The average Bonchev–Trinajstić information content (AvgIpc) is 2.59. The lowest BCUT2D eigenvalue weighted by molar-refractivity contribution is 0.483. The molecule has 2 aromatic rings. The van der Waals surface area contributed by atoms with Crippen molar-refractivity contribution in [2.45, 2.75) is 11.8 Å². The summed E-state index contributed by atoms with van der Waals surface area (Å²) in [5, 5.41) is 2.74. The van der Waals surface area contributed by atoms with E-state index >= 15 is 0 Å². The molecule has 0 radical (unpaired) electrons. The molecule has 0 bridgehead atoms. The van der Waals surface area contributed by atoms with Crippen molar-refractivity contribution in [3.05, 3.63) is 46.4 Å². The molecule has 1 heterocycles. The van der Waals surface area contributed by atoms with Gasteiger partial charge in [-0.2, -0.15) is 8.42 Å². The third kappa shape index (κ3) is 2.15. The predicted molar refractivity (Wildman–Crippen MR) is 60.9 cm³/mol. The highest BCUT2D eigenvalue weighted by Crippen LogP contribution is 2.11. The van der Waals surface area contributed by atoms with Gasteiger partial charge >= 0.3 is 0 Å². The van der Waals surface area contributed by atoms with Crippen LogP contribution in [0.4, 0.5) is 0 Å². The summed E-state index contributed by atoms with van der Waals surface area (Å²) >= 11 is 0. The minimum absolute atomic E-state index is 0.204. The van der Waals surface area contributed by atoms with Crippen LogP contribution in [-0.4, -0.2) is 22.8 Å².